The number of halogens is 1. The van der Waals surface area contributed by atoms with Crippen molar-refractivity contribution in [3.05, 3.63) is 11.3 Å². The molecule has 4 heteroatoms. The van der Waals surface area contributed by atoms with Crippen LogP contribution in [0.15, 0.2) is 5.38 Å². The lowest BCUT2D eigenvalue weighted by Gasteiger charge is -1.88. The molecule has 0 saturated carbocycles. The van der Waals surface area contributed by atoms with Crippen LogP contribution in [0.4, 0.5) is 4.39 Å². The van der Waals surface area contributed by atoms with Gasteiger partial charge in [0.25, 0.3) is 5.95 Å². The van der Waals surface area contributed by atoms with Crippen LogP contribution in [0.1, 0.15) is 0 Å². The predicted molar refractivity (Wildman–Crippen MR) is 28.6 cm³/mol. The van der Waals surface area contributed by atoms with Gasteiger partial charge < -0.3 is 4.74 Å². The molecule has 0 aliphatic rings. The van der Waals surface area contributed by atoms with Crippen LogP contribution in [-0.4, -0.2) is 11.5 Å². The van der Waals surface area contributed by atoms with Gasteiger partial charge in [-0.05, 0) is 11.5 Å². The topological polar surface area (TPSA) is 22.1 Å². The maximum atomic E-state index is 12.1. The highest BCUT2D eigenvalue weighted by atomic mass is 32.1. The maximum Gasteiger partial charge on any atom is 0.266 e. The summed E-state index contributed by atoms with van der Waals surface area (Å²) < 4.78 is 20.0. The molecule has 0 spiro atoms. The first-order chi connectivity index (χ1) is 3.84. The van der Waals surface area contributed by atoms with E-state index in [-0.39, 0.29) is 5.75 Å². The molecule has 44 valence electrons. The van der Waals surface area contributed by atoms with Gasteiger partial charge in [-0.15, -0.1) is 0 Å². The molecular weight excluding hydrogens is 129 g/mol. The Kier molecular flexibility index (Phi) is 1.43. The minimum absolute atomic E-state index is 0.218. The van der Waals surface area contributed by atoms with E-state index in [1.807, 2.05) is 0 Å². The van der Waals surface area contributed by atoms with Gasteiger partial charge in [0.1, 0.15) is 0 Å². The number of aromatic nitrogens is 1. The van der Waals surface area contributed by atoms with E-state index in [9.17, 15) is 4.39 Å². The zero-order valence-corrected chi connectivity index (χ0v) is 5.04. The fraction of sp³-hybridized carbons (Fsp3) is 0.250. The summed E-state index contributed by atoms with van der Waals surface area (Å²) in [6.45, 7) is 0. The van der Waals surface area contributed by atoms with E-state index < -0.39 is 5.95 Å². The molecule has 0 saturated heterocycles. The molecule has 0 amide bonds. The van der Waals surface area contributed by atoms with E-state index in [1.165, 1.54) is 12.5 Å². The number of rotatable bonds is 1. The van der Waals surface area contributed by atoms with E-state index in [1.54, 1.807) is 0 Å². The lowest BCUT2D eigenvalue weighted by atomic mass is 10.7. The van der Waals surface area contributed by atoms with Gasteiger partial charge in [0, 0.05) is 0 Å². The largest absolute Gasteiger partial charge is 0.491 e. The SMILES string of the molecule is COc1csnc1F. The predicted octanol–water partition coefficient (Wildman–Crippen LogP) is 1.29. The van der Waals surface area contributed by atoms with Gasteiger partial charge in [-0.3, -0.25) is 0 Å². The summed E-state index contributed by atoms with van der Waals surface area (Å²) in [5.74, 6) is -0.312. The van der Waals surface area contributed by atoms with Crippen molar-refractivity contribution in [2.24, 2.45) is 0 Å². The second kappa shape index (κ2) is 2.09. The second-order valence-electron chi connectivity index (χ2n) is 1.17. The van der Waals surface area contributed by atoms with Gasteiger partial charge in [0.15, 0.2) is 5.75 Å². The van der Waals surface area contributed by atoms with Crippen molar-refractivity contribution in [2.45, 2.75) is 0 Å². The zero-order valence-electron chi connectivity index (χ0n) is 4.22. The van der Waals surface area contributed by atoms with Crippen molar-refractivity contribution in [1.82, 2.24) is 4.37 Å². The molecule has 0 unspecified atom stereocenters. The highest BCUT2D eigenvalue weighted by Crippen LogP contribution is 2.15. The van der Waals surface area contributed by atoms with E-state index in [0.717, 1.165) is 11.5 Å². The second-order valence-corrected chi connectivity index (χ2v) is 1.80. The molecule has 2 nitrogen and oxygen atoms in total. The van der Waals surface area contributed by atoms with Crippen LogP contribution in [0, 0.1) is 5.95 Å². The van der Waals surface area contributed by atoms with Gasteiger partial charge in [0.05, 0.1) is 12.5 Å². The van der Waals surface area contributed by atoms with E-state index >= 15 is 0 Å². The van der Waals surface area contributed by atoms with Gasteiger partial charge >= 0.3 is 0 Å². The Morgan fingerprint density at radius 2 is 2.62 bits per heavy atom. The van der Waals surface area contributed by atoms with Crippen LogP contribution < -0.4 is 4.74 Å². The fourth-order valence-corrected chi connectivity index (χ4v) is 0.871. The van der Waals surface area contributed by atoms with Crippen molar-refractivity contribution < 1.29 is 9.13 Å². The molecular formula is C4H4FNOS. The normalized spacial score (nSPS) is 9.25. The summed E-state index contributed by atoms with van der Waals surface area (Å²) in [6.07, 6.45) is 0. The first kappa shape index (κ1) is 5.50. The summed E-state index contributed by atoms with van der Waals surface area (Å²) in [4.78, 5) is 0. The highest BCUT2D eigenvalue weighted by Gasteiger charge is 2.01. The summed E-state index contributed by atoms with van der Waals surface area (Å²) in [6, 6.07) is 0. The minimum Gasteiger partial charge on any atom is -0.491 e. The van der Waals surface area contributed by atoms with Crippen LogP contribution in [0.2, 0.25) is 0 Å². The quantitative estimate of drug-likeness (QED) is 0.576. The molecule has 0 atom stereocenters. The molecule has 1 heterocycles. The third-order valence-electron chi connectivity index (χ3n) is 0.716. The molecule has 8 heavy (non-hydrogen) atoms. The number of methoxy groups -OCH3 is 1. The lowest BCUT2D eigenvalue weighted by Crippen LogP contribution is -1.81. The molecule has 0 aromatic carbocycles. The third kappa shape index (κ3) is 0.790. The van der Waals surface area contributed by atoms with Crippen molar-refractivity contribution in [1.29, 1.82) is 0 Å². The summed E-state index contributed by atoms with van der Waals surface area (Å²) >= 11 is 1.04. The Morgan fingerprint density at radius 3 is 2.88 bits per heavy atom. The van der Waals surface area contributed by atoms with Crippen molar-refractivity contribution in [3.8, 4) is 5.75 Å². The molecule has 0 aliphatic carbocycles. The minimum atomic E-state index is -0.530. The van der Waals surface area contributed by atoms with Crippen molar-refractivity contribution in [3.63, 3.8) is 0 Å². The Balaban J connectivity index is 2.92. The Morgan fingerprint density at radius 1 is 1.88 bits per heavy atom. The molecule has 1 rings (SSSR count). The average molecular weight is 133 g/mol. The number of ether oxygens (including phenoxy) is 1. The summed E-state index contributed by atoms with van der Waals surface area (Å²) in [5, 5.41) is 1.51. The number of nitrogens with zero attached hydrogens (tertiary/aromatic N) is 1. The molecule has 0 fully saturated rings. The summed E-state index contributed by atoms with van der Waals surface area (Å²) in [5.41, 5.74) is 0. The zero-order chi connectivity index (χ0) is 5.98. The van der Waals surface area contributed by atoms with E-state index in [0.29, 0.717) is 0 Å². The first-order valence-corrected chi connectivity index (χ1v) is 2.82. The van der Waals surface area contributed by atoms with Crippen LogP contribution in [0.3, 0.4) is 0 Å². The highest BCUT2D eigenvalue weighted by molar-refractivity contribution is 7.03. The molecule has 1 aromatic heterocycles. The first-order valence-electron chi connectivity index (χ1n) is 1.98. The molecule has 0 radical (unpaired) electrons. The van der Waals surface area contributed by atoms with Crippen LogP contribution in [0.5, 0.6) is 5.75 Å². The summed E-state index contributed by atoms with van der Waals surface area (Å²) in [7, 11) is 1.41. The number of hydrogen-bond donors (Lipinski definition) is 0. The molecule has 0 N–H and O–H groups in total. The van der Waals surface area contributed by atoms with Gasteiger partial charge in [-0.1, -0.05) is 0 Å². The smallest absolute Gasteiger partial charge is 0.266 e. The van der Waals surface area contributed by atoms with Gasteiger partial charge in [0.2, 0.25) is 0 Å². The molecule has 0 bridgehead atoms. The van der Waals surface area contributed by atoms with Crippen molar-refractivity contribution >= 4 is 11.5 Å². The van der Waals surface area contributed by atoms with Crippen LogP contribution in [-0.2, 0) is 0 Å². The Labute approximate surface area is 50.1 Å². The van der Waals surface area contributed by atoms with Gasteiger partial charge in [-0.25, -0.2) is 0 Å². The maximum absolute atomic E-state index is 12.1. The monoisotopic (exact) mass is 133 g/mol. The standard InChI is InChI=1S/C4H4FNOS/c1-7-3-2-8-6-4(3)5/h2H,1H3. The van der Waals surface area contributed by atoms with Crippen LogP contribution >= 0.6 is 11.5 Å². The Hall–Kier alpha value is -0.640. The molecule has 0 aliphatic heterocycles. The molecule has 1 aromatic rings. The third-order valence-corrected chi connectivity index (χ3v) is 1.30. The fourth-order valence-electron chi connectivity index (χ4n) is 0.346. The lowest BCUT2D eigenvalue weighted by molar-refractivity contribution is 0.384. The van der Waals surface area contributed by atoms with Gasteiger partial charge in [-0.2, -0.15) is 8.76 Å². The van der Waals surface area contributed by atoms with E-state index in [2.05, 4.69) is 9.11 Å². The Bertz CT molecular complexity index is 176. The average Bonchev–Trinajstić information content (AvgIpc) is 2.14. The van der Waals surface area contributed by atoms with Crippen LogP contribution in [0.25, 0.3) is 0 Å². The van der Waals surface area contributed by atoms with E-state index in [4.69, 9.17) is 0 Å². The van der Waals surface area contributed by atoms with Crippen molar-refractivity contribution in [2.75, 3.05) is 7.11 Å². The number of hydrogen-bond acceptors (Lipinski definition) is 3.